The molecular weight excluding hydrogens is 226 g/mol. The average Bonchev–Trinajstić information content (AvgIpc) is 2.66. The Morgan fingerprint density at radius 1 is 1.50 bits per heavy atom. The van der Waals surface area contributed by atoms with Gasteiger partial charge in [-0.1, -0.05) is 23.8 Å². The predicted octanol–water partition coefficient (Wildman–Crippen LogP) is 1.78. The molecule has 1 aliphatic rings. The summed E-state index contributed by atoms with van der Waals surface area (Å²) in [6.07, 6.45) is 0.446. The molecule has 2 unspecified atom stereocenters. The molecule has 3 nitrogen and oxygen atoms in total. The van der Waals surface area contributed by atoms with Crippen LogP contribution < -0.4 is 5.73 Å². The van der Waals surface area contributed by atoms with E-state index in [2.05, 4.69) is 18.2 Å². The minimum atomic E-state index is -0.532. The lowest BCUT2D eigenvalue weighted by Gasteiger charge is -2.25. The van der Waals surface area contributed by atoms with Crippen LogP contribution in [0.1, 0.15) is 23.6 Å². The Morgan fingerprint density at radius 2 is 2.22 bits per heavy atom. The third-order valence-corrected chi connectivity index (χ3v) is 4.01. The van der Waals surface area contributed by atoms with Gasteiger partial charge in [0.2, 0.25) is 0 Å². The Kier molecular flexibility index (Phi) is 3.55. The maximum Gasteiger partial charge on any atom is 0.147 e. The molecule has 0 saturated carbocycles. The first-order valence-corrected chi connectivity index (χ1v) is 6.36. The third kappa shape index (κ3) is 2.33. The molecule has 0 radical (unpaired) electrons. The van der Waals surface area contributed by atoms with Crippen molar-refractivity contribution >= 4 is 5.78 Å². The summed E-state index contributed by atoms with van der Waals surface area (Å²) in [5.41, 5.74) is 8.89. The van der Waals surface area contributed by atoms with Gasteiger partial charge in [0.25, 0.3) is 0 Å². The molecule has 18 heavy (non-hydrogen) atoms. The number of nitrogens with two attached hydrogens (primary N) is 1. The maximum absolute atomic E-state index is 12.5. The minimum absolute atomic E-state index is 0.182. The number of hydrogen-bond donors (Lipinski definition) is 1. The molecule has 1 aliphatic heterocycles. The standard InChI is InChI=1S/C15H21NO2/c1-10-4-5-11(2)12(6-10)7-14(17)15(3)9-18-8-13(15)16/h4-6,13H,7-9,16H2,1-3H3. The summed E-state index contributed by atoms with van der Waals surface area (Å²) < 4.78 is 5.34. The van der Waals surface area contributed by atoms with Crippen LogP contribution in [0.15, 0.2) is 18.2 Å². The fourth-order valence-electron chi connectivity index (χ4n) is 2.34. The van der Waals surface area contributed by atoms with Crippen LogP contribution in [0, 0.1) is 19.3 Å². The number of hydrogen-bond acceptors (Lipinski definition) is 3. The maximum atomic E-state index is 12.5. The summed E-state index contributed by atoms with van der Waals surface area (Å²) in [6.45, 7) is 6.92. The number of rotatable bonds is 3. The van der Waals surface area contributed by atoms with Crippen molar-refractivity contribution in [2.75, 3.05) is 13.2 Å². The van der Waals surface area contributed by atoms with Crippen molar-refractivity contribution in [1.82, 2.24) is 0 Å². The molecule has 1 aromatic carbocycles. The molecule has 1 fully saturated rings. The quantitative estimate of drug-likeness (QED) is 0.885. The van der Waals surface area contributed by atoms with Crippen LogP contribution in [0.25, 0.3) is 0 Å². The summed E-state index contributed by atoms with van der Waals surface area (Å²) in [6, 6.07) is 6.02. The second-order valence-corrected chi connectivity index (χ2v) is 5.57. The molecule has 1 aromatic rings. The van der Waals surface area contributed by atoms with Gasteiger partial charge >= 0.3 is 0 Å². The van der Waals surface area contributed by atoms with E-state index in [1.54, 1.807) is 0 Å². The summed E-state index contributed by atoms with van der Waals surface area (Å²) in [5.74, 6) is 0.182. The number of aryl methyl sites for hydroxylation is 2. The molecule has 1 saturated heterocycles. The zero-order valence-corrected chi connectivity index (χ0v) is 11.3. The highest BCUT2D eigenvalue weighted by Crippen LogP contribution is 2.30. The molecule has 1 heterocycles. The van der Waals surface area contributed by atoms with E-state index in [4.69, 9.17) is 10.5 Å². The fourth-order valence-corrected chi connectivity index (χ4v) is 2.34. The lowest BCUT2D eigenvalue weighted by molar-refractivity contribution is -0.127. The Balaban J connectivity index is 2.19. The number of Topliss-reactive ketones (excluding diaryl/α,β-unsaturated/α-hetero) is 1. The van der Waals surface area contributed by atoms with E-state index < -0.39 is 5.41 Å². The summed E-state index contributed by atoms with van der Waals surface area (Å²) in [5, 5.41) is 0. The van der Waals surface area contributed by atoms with Crippen molar-refractivity contribution < 1.29 is 9.53 Å². The van der Waals surface area contributed by atoms with Crippen LogP contribution in [0.5, 0.6) is 0 Å². The average molecular weight is 247 g/mol. The monoisotopic (exact) mass is 247 g/mol. The fraction of sp³-hybridized carbons (Fsp3) is 0.533. The molecule has 3 heteroatoms. The zero-order valence-electron chi connectivity index (χ0n) is 11.3. The Bertz CT molecular complexity index is 470. The molecular formula is C15H21NO2. The first-order chi connectivity index (χ1) is 8.43. The summed E-state index contributed by atoms with van der Waals surface area (Å²) in [7, 11) is 0. The number of ether oxygens (including phenoxy) is 1. The van der Waals surface area contributed by atoms with Gasteiger partial charge in [-0.2, -0.15) is 0 Å². The molecule has 0 bridgehead atoms. The van der Waals surface area contributed by atoms with Crippen molar-refractivity contribution in [3.63, 3.8) is 0 Å². The van der Waals surface area contributed by atoms with E-state index >= 15 is 0 Å². The van der Waals surface area contributed by atoms with Crippen LogP contribution in [-0.2, 0) is 16.0 Å². The Labute approximate surface area is 108 Å². The number of benzene rings is 1. The van der Waals surface area contributed by atoms with Gasteiger partial charge < -0.3 is 10.5 Å². The van der Waals surface area contributed by atoms with Crippen molar-refractivity contribution in [1.29, 1.82) is 0 Å². The molecule has 98 valence electrons. The summed E-state index contributed by atoms with van der Waals surface area (Å²) >= 11 is 0. The molecule has 0 spiro atoms. The van der Waals surface area contributed by atoms with E-state index in [1.807, 2.05) is 20.8 Å². The lowest BCUT2D eigenvalue weighted by Crippen LogP contribution is -2.45. The predicted molar refractivity (Wildman–Crippen MR) is 71.5 cm³/mol. The van der Waals surface area contributed by atoms with Gasteiger partial charge in [0, 0.05) is 12.5 Å². The highest BCUT2D eigenvalue weighted by atomic mass is 16.5. The second kappa shape index (κ2) is 4.82. The first-order valence-electron chi connectivity index (χ1n) is 6.36. The van der Waals surface area contributed by atoms with Gasteiger partial charge in [-0.3, -0.25) is 4.79 Å². The van der Waals surface area contributed by atoms with Crippen LogP contribution in [-0.4, -0.2) is 25.0 Å². The van der Waals surface area contributed by atoms with Crippen molar-refractivity contribution in [2.45, 2.75) is 33.2 Å². The minimum Gasteiger partial charge on any atom is -0.379 e. The third-order valence-electron chi connectivity index (χ3n) is 4.01. The first kappa shape index (κ1) is 13.2. The van der Waals surface area contributed by atoms with Crippen LogP contribution in [0.4, 0.5) is 0 Å². The second-order valence-electron chi connectivity index (χ2n) is 5.57. The number of carbonyl (C=O) groups is 1. The highest BCUT2D eigenvalue weighted by Gasteiger charge is 2.43. The van der Waals surface area contributed by atoms with Gasteiger partial charge in [-0.05, 0) is 31.9 Å². The Hall–Kier alpha value is -1.19. The normalized spacial score (nSPS) is 27.4. The van der Waals surface area contributed by atoms with Crippen molar-refractivity contribution in [2.24, 2.45) is 11.1 Å². The molecule has 0 aromatic heterocycles. The number of carbonyl (C=O) groups excluding carboxylic acids is 1. The number of ketones is 1. The Morgan fingerprint density at radius 3 is 2.83 bits per heavy atom. The van der Waals surface area contributed by atoms with Crippen LogP contribution >= 0.6 is 0 Å². The van der Waals surface area contributed by atoms with Gasteiger partial charge in [0.05, 0.1) is 18.6 Å². The molecule has 0 amide bonds. The molecule has 2 rings (SSSR count). The largest absolute Gasteiger partial charge is 0.379 e. The lowest BCUT2D eigenvalue weighted by atomic mass is 9.78. The van der Waals surface area contributed by atoms with Gasteiger partial charge in [0.1, 0.15) is 5.78 Å². The van der Waals surface area contributed by atoms with Crippen molar-refractivity contribution in [3.8, 4) is 0 Å². The topological polar surface area (TPSA) is 52.3 Å². The summed E-state index contributed by atoms with van der Waals surface area (Å²) in [4.78, 5) is 12.5. The van der Waals surface area contributed by atoms with Gasteiger partial charge in [-0.15, -0.1) is 0 Å². The van der Waals surface area contributed by atoms with E-state index in [0.717, 1.165) is 11.1 Å². The van der Waals surface area contributed by atoms with Gasteiger partial charge in [-0.25, -0.2) is 0 Å². The van der Waals surface area contributed by atoms with E-state index in [1.165, 1.54) is 5.56 Å². The molecule has 0 aliphatic carbocycles. The van der Waals surface area contributed by atoms with Crippen LogP contribution in [0.2, 0.25) is 0 Å². The molecule has 2 atom stereocenters. The SMILES string of the molecule is Cc1ccc(C)c(CC(=O)C2(C)COCC2N)c1. The van der Waals surface area contributed by atoms with E-state index in [0.29, 0.717) is 19.6 Å². The van der Waals surface area contributed by atoms with Crippen LogP contribution in [0.3, 0.4) is 0 Å². The smallest absolute Gasteiger partial charge is 0.147 e. The van der Waals surface area contributed by atoms with Gasteiger partial charge in [0.15, 0.2) is 0 Å². The molecule has 2 N–H and O–H groups in total. The van der Waals surface area contributed by atoms with E-state index in [-0.39, 0.29) is 11.8 Å². The van der Waals surface area contributed by atoms with E-state index in [9.17, 15) is 4.79 Å². The zero-order chi connectivity index (χ0) is 13.3. The van der Waals surface area contributed by atoms with Crippen molar-refractivity contribution in [3.05, 3.63) is 34.9 Å². The highest BCUT2D eigenvalue weighted by molar-refractivity contribution is 5.88.